The van der Waals surface area contributed by atoms with Crippen LogP contribution in [-0.4, -0.2) is 48.7 Å². The third kappa shape index (κ3) is 3.96. The number of piperidine rings is 1. The summed E-state index contributed by atoms with van der Waals surface area (Å²) >= 11 is 3.40. The van der Waals surface area contributed by atoms with E-state index in [0.717, 1.165) is 0 Å². The molecule has 1 aromatic carbocycles. The zero-order valence-corrected chi connectivity index (χ0v) is 14.8. The van der Waals surface area contributed by atoms with Crippen molar-refractivity contribution < 1.29 is 24.2 Å². The number of ether oxygens (including phenoxy) is 2. The van der Waals surface area contributed by atoms with Gasteiger partial charge < -0.3 is 19.5 Å². The molecule has 1 saturated heterocycles. The average Bonchev–Trinajstić information content (AvgIpc) is 2.56. The molecule has 1 atom stereocenters. The third-order valence-electron chi connectivity index (χ3n) is 3.82. The Kier molecular flexibility index (Phi) is 5.87. The van der Waals surface area contributed by atoms with E-state index in [9.17, 15) is 9.59 Å². The summed E-state index contributed by atoms with van der Waals surface area (Å²) in [6, 6.07) is 3.31. The number of amides is 1. The highest BCUT2D eigenvalue weighted by atomic mass is 79.9. The van der Waals surface area contributed by atoms with Crippen molar-refractivity contribution >= 4 is 27.8 Å². The molecular formula is C16H20BrNO5. The molecule has 1 fully saturated rings. The summed E-state index contributed by atoms with van der Waals surface area (Å²) in [5, 5.41) is 9.15. The van der Waals surface area contributed by atoms with Crippen LogP contribution < -0.4 is 9.47 Å². The summed E-state index contributed by atoms with van der Waals surface area (Å²) in [5.74, 6) is -0.531. The molecule has 126 valence electrons. The summed E-state index contributed by atoms with van der Waals surface area (Å²) < 4.78 is 11.4. The van der Waals surface area contributed by atoms with Gasteiger partial charge in [0, 0.05) is 18.7 Å². The minimum Gasteiger partial charge on any atom is -0.493 e. The zero-order valence-electron chi connectivity index (χ0n) is 13.2. The van der Waals surface area contributed by atoms with Crippen LogP contribution in [0.1, 0.15) is 30.1 Å². The maximum Gasteiger partial charge on any atom is 0.308 e. The Morgan fingerprint density at radius 1 is 1.43 bits per heavy atom. The molecule has 1 heterocycles. The lowest BCUT2D eigenvalue weighted by Gasteiger charge is -2.31. The second-order valence-corrected chi connectivity index (χ2v) is 6.21. The summed E-state index contributed by atoms with van der Waals surface area (Å²) in [6.45, 7) is 3.15. The second kappa shape index (κ2) is 7.68. The molecule has 0 radical (unpaired) electrons. The van der Waals surface area contributed by atoms with Crippen molar-refractivity contribution in [2.75, 3.05) is 26.8 Å². The molecule has 1 aliphatic heterocycles. The van der Waals surface area contributed by atoms with Crippen LogP contribution in [0.25, 0.3) is 0 Å². The van der Waals surface area contributed by atoms with E-state index in [0.29, 0.717) is 47.5 Å². The van der Waals surface area contributed by atoms with Crippen molar-refractivity contribution in [2.45, 2.75) is 19.8 Å². The zero-order chi connectivity index (χ0) is 17.0. The Morgan fingerprint density at radius 3 is 2.78 bits per heavy atom. The lowest BCUT2D eigenvalue weighted by molar-refractivity contribution is -0.143. The monoisotopic (exact) mass is 385 g/mol. The molecular weight excluding hydrogens is 366 g/mol. The van der Waals surface area contributed by atoms with E-state index < -0.39 is 11.9 Å². The van der Waals surface area contributed by atoms with Crippen LogP contribution in [-0.2, 0) is 4.79 Å². The molecule has 0 aromatic heterocycles. The fraction of sp³-hybridized carbons (Fsp3) is 0.500. The quantitative estimate of drug-likeness (QED) is 0.842. The van der Waals surface area contributed by atoms with Gasteiger partial charge in [0.1, 0.15) is 0 Å². The molecule has 7 heteroatoms. The fourth-order valence-electron chi connectivity index (χ4n) is 2.67. The molecule has 0 unspecified atom stereocenters. The van der Waals surface area contributed by atoms with Gasteiger partial charge >= 0.3 is 5.97 Å². The van der Waals surface area contributed by atoms with Crippen LogP contribution in [0.2, 0.25) is 0 Å². The third-order valence-corrected chi connectivity index (χ3v) is 4.41. The number of benzene rings is 1. The molecule has 0 spiro atoms. The van der Waals surface area contributed by atoms with Crippen molar-refractivity contribution in [1.29, 1.82) is 0 Å². The highest BCUT2D eigenvalue weighted by Gasteiger charge is 2.29. The number of hydrogen-bond donors (Lipinski definition) is 1. The van der Waals surface area contributed by atoms with E-state index in [2.05, 4.69) is 15.9 Å². The lowest BCUT2D eigenvalue weighted by atomic mass is 9.97. The maximum absolute atomic E-state index is 12.7. The number of carboxylic acids is 1. The first-order valence-corrected chi connectivity index (χ1v) is 8.29. The molecule has 0 bridgehead atoms. The fourth-order valence-corrected chi connectivity index (χ4v) is 3.23. The Balaban J connectivity index is 2.25. The van der Waals surface area contributed by atoms with Gasteiger partial charge in [-0.1, -0.05) is 0 Å². The number of carboxylic acid groups (broad SMARTS) is 1. The molecule has 0 saturated carbocycles. The van der Waals surface area contributed by atoms with E-state index in [1.165, 1.54) is 7.11 Å². The van der Waals surface area contributed by atoms with Gasteiger partial charge in [0.15, 0.2) is 11.5 Å². The van der Waals surface area contributed by atoms with E-state index in [4.69, 9.17) is 14.6 Å². The molecule has 1 aliphatic rings. The SMILES string of the molecule is CCOc1c(Br)cc(C(=O)N2CCC[C@H](C(=O)O)C2)cc1OC. The molecule has 2 rings (SSSR count). The normalized spacial score (nSPS) is 17.7. The van der Waals surface area contributed by atoms with Crippen molar-refractivity contribution in [2.24, 2.45) is 5.92 Å². The van der Waals surface area contributed by atoms with Gasteiger partial charge in [-0.3, -0.25) is 9.59 Å². The van der Waals surface area contributed by atoms with E-state index in [-0.39, 0.29) is 12.5 Å². The van der Waals surface area contributed by atoms with Crippen LogP contribution in [0.3, 0.4) is 0 Å². The van der Waals surface area contributed by atoms with Crippen LogP contribution in [0.15, 0.2) is 16.6 Å². The Labute approximate surface area is 143 Å². The Bertz CT molecular complexity index is 604. The molecule has 0 aliphatic carbocycles. The first-order valence-electron chi connectivity index (χ1n) is 7.50. The number of rotatable bonds is 5. The second-order valence-electron chi connectivity index (χ2n) is 5.35. The van der Waals surface area contributed by atoms with Crippen LogP contribution in [0, 0.1) is 5.92 Å². The number of likely N-dealkylation sites (tertiary alicyclic amines) is 1. The van der Waals surface area contributed by atoms with Crippen molar-refractivity contribution in [3.05, 3.63) is 22.2 Å². The maximum atomic E-state index is 12.7. The van der Waals surface area contributed by atoms with Gasteiger partial charge in [0.25, 0.3) is 5.91 Å². The Morgan fingerprint density at radius 2 is 2.17 bits per heavy atom. The van der Waals surface area contributed by atoms with Gasteiger partial charge in [-0.2, -0.15) is 0 Å². The smallest absolute Gasteiger partial charge is 0.308 e. The summed E-state index contributed by atoms with van der Waals surface area (Å²) in [5.41, 5.74) is 0.447. The number of nitrogens with zero attached hydrogens (tertiary/aromatic N) is 1. The minimum absolute atomic E-state index is 0.196. The van der Waals surface area contributed by atoms with Crippen LogP contribution >= 0.6 is 15.9 Å². The van der Waals surface area contributed by atoms with Gasteiger partial charge in [0.05, 0.1) is 24.1 Å². The van der Waals surface area contributed by atoms with Crippen LogP contribution in [0.5, 0.6) is 11.5 Å². The predicted octanol–water partition coefficient (Wildman–Crippen LogP) is 2.79. The van der Waals surface area contributed by atoms with Crippen molar-refractivity contribution in [1.82, 2.24) is 4.90 Å². The van der Waals surface area contributed by atoms with Gasteiger partial charge in [0.2, 0.25) is 0 Å². The number of carbonyl (C=O) groups is 2. The van der Waals surface area contributed by atoms with Crippen molar-refractivity contribution in [3.63, 3.8) is 0 Å². The standard InChI is InChI=1S/C16H20BrNO5/c1-3-23-14-12(17)7-11(8-13(14)22-2)15(19)18-6-4-5-10(9-18)16(20)21/h7-8,10H,3-6,9H2,1-2H3,(H,20,21)/t10-/m0/s1. The predicted molar refractivity (Wildman–Crippen MR) is 88.1 cm³/mol. The number of halogens is 1. The topological polar surface area (TPSA) is 76.1 Å². The molecule has 1 amide bonds. The largest absolute Gasteiger partial charge is 0.493 e. The lowest BCUT2D eigenvalue weighted by Crippen LogP contribution is -2.42. The first-order chi connectivity index (χ1) is 11.0. The van der Waals surface area contributed by atoms with Crippen molar-refractivity contribution in [3.8, 4) is 11.5 Å². The minimum atomic E-state index is -0.854. The number of hydrogen-bond acceptors (Lipinski definition) is 4. The number of aliphatic carboxylic acids is 1. The van der Waals surface area contributed by atoms with Gasteiger partial charge in [-0.05, 0) is 47.8 Å². The summed E-state index contributed by atoms with van der Waals surface area (Å²) in [4.78, 5) is 25.4. The van der Waals surface area contributed by atoms with E-state index in [1.54, 1.807) is 17.0 Å². The molecule has 23 heavy (non-hydrogen) atoms. The molecule has 6 nitrogen and oxygen atoms in total. The van der Waals surface area contributed by atoms with Gasteiger partial charge in [-0.15, -0.1) is 0 Å². The average molecular weight is 386 g/mol. The number of methoxy groups -OCH3 is 1. The summed E-state index contributed by atoms with van der Waals surface area (Å²) in [6.07, 6.45) is 1.30. The van der Waals surface area contributed by atoms with Gasteiger partial charge in [-0.25, -0.2) is 0 Å². The van der Waals surface area contributed by atoms with E-state index >= 15 is 0 Å². The Hall–Kier alpha value is -1.76. The molecule has 1 aromatic rings. The van der Waals surface area contributed by atoms with Crippen LogP contribution in [0.4, 0.5) is 0 Å². The highest BCUT2D eigenvalue weighted by molar-refractivity contribution is 9.10. The molecule has 1 N–H and O–H groups in total. The first kappa shape index (κ1) is 17.6. The highest BCUT2D eigenvalue weighted by Crippen LogP contribution is 2.37. The van der Waals surface area contributed by atoms with E-state index in [1.807, 2.05) is 6.92 Å². The summed E-state index contributed by atoms with van der Waals surface area (Å²) in [7, 11) is 1.51. The number of carbonyl (C=O) groups excluding carboxylic acids is 1.